The van der Waals surface area contributed by atoms with Crippen LogP contribution in [0.5, 0.6) is 0 Å². The largest absolute Gasteiger partial charge is 0.399 e. The number of halogens is 3. The maximum atomic E-state index is 13.1. The zero-order chi connectivity index (χ0) is 14.7. The first-order valence-electron chi connectivity index (χ1n) is 7.51. The van der Waals surface area contributed by atoms with Crippen LogP contribution < -0.4 is 5.32 Å². The van der Waals surface area contributed by atoms with Gasteiger partial charge >= 0.3 is 6.18 Å². The Bertz CT molecular complexity index is 554. The molecule has 0 amide bonds. The maximum Gasteiger partial charge on any atom is 0.399 e. The van der Waals surface area contributed by atoms with Gasteiger partial charge in [-0.1, -0.05) is 0 Å². The molecule has 3 nitrogen and oxygen atoms in total. The summed E-state index contributed by atoms with van der Waals surface area (Å²) in [4.78, 5) is 8.09. The van der Waals surface area contributed by atoms with Crippen LogP contribution in [-0.2, 0) is 11.8 Å². The van der Waals surface area contributed by atoms with Crippen LogP contribution >= 0.6 is 0 Å². The molecule has 1 saturated heterocycles. The molecule has 0 atom stereocenters. The Morgan fingerprint density at radius 1 is 1.19 bits per heavy atom. The molecular weight excluding hydrogens is 279 g/mol. The molecule has 3 aliphatic rings. The smallest absolute Gasteiger partial charge is 0.316 e. The van der Waals surface area contributed by atoms with Crippen molar-refractivity contribution in [3.8, 4) is 0 Å². The van der Waals surface area contributed by atoms with Crippen molar-refractivity contribution in [1.82, 2.24) is 15.3 Å². The van der Waals surface area contributed by atoms with Gasteiger partial charge in [-0.05, 0) is 49.5 Å². The number of alkyl halides is 3. The monoisotopic (exact) mass is 297 g/mol. The SMILES string of the molecule is FC(F)(F)C1(c2cc(CC3CC4(CNC4)C3)ncn2)CC1. The van der Waals surface area contributed by atoms with Gasteiger partial charge in [0.15, 0.2) is 0 Å². The van der Waals surface area contributed by atoms with E-state index in [1.807, 2.05) is 0 Å². The zero-order valence-corrected chi connectivity index (χ0v) is 11.7. The van der Waals surface area contributed by atoms with Crippen LogP contribution in [0.1, 0.15) is 37.1 Å². The van der Waals surface area contributed by atoms with Gasteiger partial charge in [-0.3, -0.25) is 0 Å². The molecule has 2 saturated carbocycles. The minimum atomic E-state index is -4.20. The van der Waals surface area contributed by atoms with Gasteiger partial charge in [-0.25, -0.2) is 9.97 Å². The summed E-state index contributed by atoms with van der Waals surface area (Å²) >= 11 is 0. The predicted octanol–water partition coefficient (Wildman–Crippen LogP) is 2.61. The third kappa shape index (κ3) is 2.06. The Kier molecular flexibility index (Phi) is 2.69. The summed E-state index contributed by atoms with van der Waals surface area (Å²) in [5.74, 6) is 0.566. The predicted molar refractivity (Wildman–Crippen MR) is 70.7 cm³/mol. The molecule has 1 aliphatic heterocycles. The van der Waals surface area contributed by atoms with Crippen molar-refractivity contribution in [2.75, 3.05) is 13.1 Å². The van der Waals surface area contributed by atoms with Crippen LogP contribution in [0.2, 0.25) is 0 Å². The van der Waals surface area contributed by atoms with Gasteiger partial charge in [0.1, 0.15) is 11.7 Å². The van der Waals surface area contributed by atoms with E-state index in [4.69, 9.17) is 0 Å². The molecular formula is C15H18F3N3. The number of rotatable bonds is 3. The molecule has 1 aromatic rings. The van der Waals surface area contributed by atoms with E-state index < -0.39 is 11.6 Å². The van der Waals surface area contributed by atoms with Gasteiger partial charge in [-0.2, -0.15) is 13.2 Å². The highest BCUT2D eigenvalue weighted by Gasteiger charge is 2.65. The Morgan fingerprint density at radius 2 is 1.90 bits per heavy atom. The maximum absolute atomic E-state index is 13.1. The Balaban J connectivity index is 1.47. The molecule has 3 fully saturated rings. The lowest BCUT2D eigenvalue weighted by Gasteiger charge is -2.54. The minimum Gasteiger partial charge on any atom is -0.316 e. The van der Waals surface area contributed by atoms with E-state index in [-0.39, 0.29) is 18.5 Å². The highest BCUT2D eigenvalue weighted by atomic mass is 19.4. The third-order valence-electron chi connectivity index (χ3n) is 5.45. The van der Waals surface area contributed by atoms with Gasteiger partial charge in [-0.15, -0.1) is 0 Å². The zero-order valence-electron chi connectivity index (χ0n) is 11.7. The van der Waals surface area contributed by atoms with E-state index in [2.05, 4.69) is 15.3 Å². The summed E-state index contributed by atoms with van der Waals surface area (Å²) in [6.07, 6.45) is 0.543. The van der Waals surface area contributed by atoms with Crippen molar-refractivity contribution in [3.05, 3.63) is 23.8 Å². The van der Waals surface area contributed by atoms with E-state index in [9.17, 15) is 13.2 Å². The number of nitrogens with zero attached hydrogens (tertiary/aromatic N) is 2. The second-order valence-electron chi connectivity index (χ2n) is 7.06. The summed E-state index contributed by atoms with van der Waals surface area (Å²) in [5, 5.41) is 3.29. The van der Waals surface area contributed by atoms with Crippen LogP contribution in [0, 0.1) is 11.3 Å². The summed E-state index contributed by atoms with van der Waals surface area (Å²) in [5.41, 5.74) is -0.268. The van der Waals surface area contributed by atoms with Crippen molar-refractivity contribution in [2.24, 2.45) is 11.3 Å². The molecule has 6 heteroatoms. The van der Waals surface area contributed by atoms with E-state index in [1.54, 1.807) is 6.07 Å². The molecule has 1 aromatic heterocycles. The molecule has 0 unspecified atom stereocenters. The van der Waals surface area contributed by atoms with Gasteiger partial charge in [0, 0.05) is 18.8 Å². The van der Waals surface area contributed by atoms with E-state index in [0.29, 0.717) is 11.3 Å². The van der Waals surface area contributed by atoms with Crippen LogP contribution in [0.3, 0.4) is 0 Å². The second kappa shape index (κ2) is 4.18. The van der Waals surface area contributed by atoms with Crippen molar-refractivity contribution in [2.45, 2.75) is 43.7 Å². The summed E-state index contributed by atoms with van der Waals surface area (Å²) in [6, 6.07) is 1.59. The van der Waals surface area contributed by atoms with Crippen LogP contribution in [-0.4, -0.2) is 29.2 Å². The molecule has 2 heterocycles. The standard InChI is InChI=1S/C15H18F3N3/c16-15(17,18)14(1-2-14)12-4-11(20-9-21-12)3-10-5-13(6-10)7-19-8-13/h4,9-10,19H,1-3,5-8H2. The van der Waals surface area contributed by atoms with Gasteiger partial charge in [0.05, 0.1) is 5.69 Å². The first-order chi connectivity index (χ1) is 9.93. The van der Waals surface area contributed by atoms with Crippen molar-refractivity contribution in [1.29, 1.82) is 0 Å². The van der Waals surface area contributed by atoms with Crippen molar-refractivity contribution < 1.29 is 13.2 Å². The van der Waals surface area contributed by atoms with Gasteiger partial charge in [0.2, 0.25) is 0 Å². The highest BCUT2D eigenvalue weighted by molar-refractivity contribution is 5.29. The Labute approximate surface area is 121 Å². The summed E-state index contributed by atoms with van der Waals surface area (Å²) < 4.78 is 39.4. The molecule has 114 valence electrons. The number of aromatic nitrogens is 2. The molecule has 4 rings (SSSR count). The lowest BCUT2D eigenvalue weighted by atomic mass is 9.57. The lowest BCUT2D eigenvalue weighted by Crippen LogP contribution is -2.60. The van der Waals surface area contributed by atoms with E-state index in [1.165, 1.54) is 19.2 Å². The number of nitrogens with one attached hydrogen (secondary N) is 1. The average Bonchev–Trinajstić information content (AvgIpc) is 3.11. The molecule has 2 aliphatic carbocycles. The average molecular weight is 297 g/mol. The molecule has 0 radical (unpaired) electrons. The van der Waals surface area contributed by atoms with Crippen molar-refractivity contribution in [3.63, 3.8) is 0 Å². The summed E-state index contributed by atoms with van der Waals surface area (Å²) in [6.45, 7) is 2.19. The Morgan fingerprint density at radius 3 is 2.43 bits per heavy atom. The van der Waals surface area contributed by atoms with Crippen LogP contribution in [0.25, 0.3) is 0 Å². The lowest BCUT2D eigenvalue weighted by molar-refractivity contribution is -0.161. The molecule has 1 spiro atoms. The quantitative estimate of drug-likeness (QED) is 0.932. The minimum absolute atomic E-state index is 0.158. The normalized spacial score (nSPS) is 26.2. The summed E-state index contributed by atoms with van der Waals surface area (Å²) in [7, 11) is 0. The van der Waals surface area contributed by atoms with E-state index in [0.717, 1.165) is 25.2 Å². The highest BCUT2D eigenvalue weighted by Crippen LogP contribution is 2.58. The van der Waals surface area contributed by atoms with E-state index >= 15 is 0 Å². The molecule has 0 aromatic carbocycles. The fraction of sp³-hybridized carbons (Fsp3) is 0.733. The third-order valence-corrected chi connectivity index (χ3v) is 5.45. The fourth-order valence-electron chi connectivity index (χ4n) is 3.95. The van der Waals surface area contributed by atoms with Crippen LogP contribution in [0.4, 0.5) is 13.2 Å². The first kappa shape index (κ1) is 13.5. The molecule has 21 heavy (non-hydrogen) atoms. The number of hydrogen-bond donors (Lipinski definition) is 1. The van der Waals surface area contributed by atoms with Crippen molar-refractivity contribution >= 4 is 0 Å². The second-order valence-corrected chi connectivity index (χ2v) is 7.06. The first-order valence-corrected chi connectivity index (χ1v) is 7.51. The van der Waals surface area contributed by atoms with Gasteiger partial charge < -0.3 is 5.32 Å². The molecule has 0 bridgehead atoms. The molecule has 1 N–H and O–H groups in total. The number of hydrogen-bond acceptors (Lipinski definition) is 3. The Hall–Kier alpha value is -1.17. The fourth-order valence-corrected chi connectivity index (χ4v) is 3.95. The van der Waals surface area contributed by atoms with Crippen LogP contribution in [0.15, 0.2) is 12.4 Å². The topological polar surface area (TPSA) is 37.8 Å². The van der Waals surface area contributed by atoms with Gasteiger partial charge in [0.25, 0.3) is 0 Å².